The van der Waals surface area contributed by atoms with Crippen molar-refractivity contribution in [3.05, 3.63) is 29.3 Å². The summed E-state index contributed by atoms with van der Waals surface area (Å²) in [4.78, 5) is 14.3. The fourth-order valence-electron chi connectivity index (χ4n) is 3.35. The molecule has 1 N–H and O–H groups in total. The minimum atomic E-state index is -0.0466. The van der Waals surface area contributed by atoms with Crippen LogP contribution < -0.4 is 10.1 Å². The van der Waals surface area contributed by atoms with Crippen LogP contribution in [-0.2, 0) is 22.4 Å². The maximum atomic E-state index is 11.9. The Kier molecular flexibility index (Phi) is 6.49. The Morgan fingerprint density at radius 1 is 1.17 bits per heavy atom. The number of nitrogens with zero attached hydrogens (tertiary/aromatic N) is 1. The smallest absolute Gasteiger partial charge is 0.257 e. The molecule has 1 aromatic rings. The molecule has 3 rings (SSSR count). The van der Waals surface area contributed by atoms with E-state index < -0.39 is 0 Å². The molecule has 0 saturated carbocycles. The van der Waals surface area contributed by atoms with Crippen molar-refractivity contribution in [2.24, 2.45) is 0 Å². The van der Waals surface area contributed by atoms with E-state index in [4.69, 9.17) is 9.47 Å². The minimum Gasteiger partial charge on any atom is -0.484 e. The van der Waals surface area contributed by atoms with Gasteiger partial charge in [0.1, 0.15) is 5.75 Å². The van der Waals surface area contributed by atoms with E-state index in [1.54, 1.807) is 0 Å². The summed E-state index contributed by atoms with van der Waals surface area (Å²) in [5, 5.41) is 2.93. The van der Waals surface area contributed by atoms with Crippen LogP contribution in [0.25, 0.3) is 0 Å². The number of ether oxygens (including phenoxy) is 2. The van der Waals surface area contributed by atoms with E-state index in [1.165, 1.54) is 30.4 Å². The summed E-state index contributed by atoms with van der Waals surface area (Å²) in [5.41, 5.74) is 2.81. The lowest BCUT2D eigenvalue weighted by molar-refractivity contribution is -0.123. The normalized spacial score (nSPS) is 18.0. The molecular weight excluding hydrogens is 304 g/mol. The zero-order chi connectivity index (χ0) is 16.6. The third-order valence-corrected chi connectivity index (χ3v) is 4.77. The topological polar surface area (TPSA) is 50.8 Å². The largest absolute Gasteiger partial charge is 0.484 e. The molecule has 0 radical (unpaired) electrons. The average Bonchev–Trinajstić information content (AvgIpc) is 2.64. The number of carbonyl (C=O) groups is 1. The molecule has 1 aliphatic heterocycles. The summed E-state index contributed by atoms with van der Waals surface area (Å²) >= 11 is 0. The zero-order valence-electron chi connectivity index (χ0n) is 14.4. The first-order valence-electron chi connectivity index (χ1n) is 9.13. The van der Waals surface area contributed by atoms with Crippen molar-refractivity contribution in [2.45, 2.75) is 32.1 Å². The van der Waals surface area contributed by atoms with Crippen LogP contribution in [0.15, 0.2) is 18.2 Å². The highest BCUT2D eigenvalue weighted by Crippen LogP contribution is 2.25. The van der Waals surface area contributed by atoms with Crippen LogP contribution >= 0.6 is 0 Å². The molecule has 1 saturated heterocycles. The summed E-state index contributed by atoms with van der Waals surface area (Å²) in [6, 6.07) is 6.22. The number of nitrogens with one attached hydrogen (secondary N) is 1. The maximum absolute atomic E-state index is 11.9. The van der Waals surface area contributed by atoms with Gasteiger partial charge >= 0.3 is 0 Å². The van der Waals surface area contributed by atoms with E-state index >= 15 is 0 Å². The number of amides is 1. The van der Waals surface area contributed by atoms with Crippen LogP contribution in [-0.4, -0.2) is 56.8 Å². The minimum absolute atomic E-state index is 0.0466. The van der Waals surface area contributed by atoms with Crippen molar-refractivity contribution in [1.82, 2.24) is 10.2 Å². The predicted molar refractivity (Wildman–Crippen MR) is 93.5 cm³/mol. The van der Waals surface area contributed by atoms with Crippen LogP contribution in [0.2, 0.25) is 0 Å². The van der Waals surface area contributed by atoms with E-state index in [0.29, 0.717) is 6.54 Å². The number of hydrogen-bond donors (Lipinski definition) is 1. The van der Waals surface area contributed by atoms with Crippen molar-refractivity contribution in [3.63, 3.8) is 0 Å². The van der Waals surface area contributed by atoms with Crippen LogP contribution in [0.3, 0.4) is 0 Å². The summed E-state index contributed by atoms with van der Waals surface area (Å²) in [6.45, 7) is 5.43. The van der Waals surface area contributed by atoms with Gasteiger partial charge in [0.15, 0.2) is 6.61 Å². The summed E-state index contributed by atoms with van der Waals surface area (Å²) in [7, 11) is 0. The first-order valence-corrected chi connectivity index (χ1v) is 9.13. The van der Waals surface area contributed by atoms with Gasteiger partial charge in [-0.1, -0.05) is 6.07 Å². The van der Waals surface area contributed by atoms with E-state index in [2.05, 4.69) is 22.3 Å². The van der Waals surface area contributed by atoms with E-state index in [9.17, 15) is 4.79 Å². The fraction of sp³-hybridized carbons (Fsp3) is 0.632. The molecule has 1 aliphatic carbocycles. The van der Waals surface area contributed by atoms with Gasteiger partial charge in [-0.15, -0.1) is 0 Å². The molecule has 1 heterocycles. The number of carbonyl (C=O) groups excluding carboxylic acids is 1. The second-order valence-electron chi connectivity index (χ2n) is 6.58. The molecule has 0 spiro atoms. The molecule has 132 valence electrons. The molecule has 1 aromatic carbocycles. The molecule has 1 amide bonds. The average molecular weight is 332 g/mol. The highest BCUT2D eigenvalue weighted by molar-refractivity contribution is 5.77. The Morgan fingerprint density at radius 3 is 2.79 bits per heavy atom. The first-order chi connectivity index (χ1) is 11.8. The maximum Gasteiger partial charge on any atom is 0.257 e. The zero-order valence-corrected chi connectivity index (χ0v) is 14.4. The number of benzene rings is 1. The third-order valence-electron chi connectivity index (χ3n) is 4.77. The highest BCUT2D eigenvalue weighted by Gasteiger charge is 2.11. The Balaban J connectivity index is 1.32. The second kappa shape index (κ2) is 9.04. The van der Waals surface area contributed by atoms with E-state index in [-0.39, 0.29) is 12.5 Å². The molecule has 24 heavy (non-hydrogen) atoms. The molecule has 0 unspecified atom stereocenters. The number of morpholine rings is 1. The predicted octanol–water partition coefficient (Wildman–Crippen LogP) is 1.78. The highest BCUT2D eigenvalue weighted by atomic mass is 16.5. The standard InChI is InChI=1S/C19H28N2O3/c22-19(20-8-3-9-21-10-12-23-13-11-21)15-24-18-7-6-16-4-1-2-5-17(16)14-18/h6-7,14H,1-5,8-13,15H2,(H,20,22). The summed E-state index contributed by atoms with van der Waals surface area (Å²) < 4.78 is 11.0. The van der Waals surface area contributed by atoms with Crippen molar-refractivity contribution < 1.29 is 14.3 Å². The Hall–Kier alpha value is -1.59. The Labute approximate surface area is 144 Å². The van der Waals surface area contributed by atoms with Gasteiger partial charge in [0.05, 0.1) is 13.2 Å². The lowest BCUT2D eigenvalue weighted by atomic mass is 9.92. The van der Waals surface area contributed by atoms with Crippen molar-refractivity contribution in [3.8, 4) is 5.75 Å². The molecule has 1 fully saturated rings. The summed E-state index contributed by atoms with van der Waals surface area (Å²) in [6.07, 6.45) is 5.78. The SMILES string of the molecule is O=C(COc1ccc2c(c1)CCCC2)NCCCN1CCOCC1. The van der Waals surface area contributed by atoms with Gasteiger partial charge < -0.3 is 14.8 Å². The first kappa shape index (κ1) is 17.2. The lowest BCUT2D eigenvalue weighted by Crippen LogP contribution is -2.38. The number of rotatable bonds is 7. The molecule has 2 aliphatic rings. The van der Waals surface area contributed by atoms with Gasteiger partial charge in [-0.25, -0.2) is 0 Å². The van der Waals surface area contributed by atoms with Crippen molar-refractivity contribution in [1.29, 1.82) is 0 Å². The van der Waals surface area contributed by atoms with Gasteiger partial charge in [0.2, 0.25) is 0 Å². The van der Waals surface area contributed by atoms with Gasteiger partial charge in [-0.3, -0.25) is 9.69 Å². The number of hydrogen-bond acceptors (Lipinski definition) is 4. The van der Waals surface area contributed by atoms with Crippen LogP contribution in [0.1, 0.15) is 30.4 Å². The molecule has 5 heteroatoms. The van der Waals surface area contributed by atoms with Crippen molar-refractivity contribution in [2.75, 3.05) is 46.0 Å². The molecule has 0 bridgehead atoms. The molecule has 5 nitrogen and oxygen atoms in total. The van der Waals surface area contributed by atoms with Gasteiger partial charge in [-0.05, 0) is 61.9 Å². The van der Waals surface area contributed by atoms with Crippen LogP contribution in [0, 0.1) is 0 Å². The Morgan fingerprint density at radius 2 is 1.96 bits per heavy atom. The van der Waals surface area contributed by atoms with Crippen LogP contribution in [0.5, 0.6) is 5.75 Å². The van der Waals surface area contributed by atoms with Crippen LogP contribution in [0.4, 0.5) is 0 Å². The second-order valence-corrected chi connectivity index (χ2v) is 6.58. The van der Waals surface area contributed by atoms with Crippen molar-refractivity contribution >= 4 is 5.91 Å². The van der Waals surface area contributed by atoms with Gasteiger partial charge in [-0.2, -0.15) is 0 Å². The number of aryl methyl sites for hydroxylation is 2. The molecular formula is C19H28N2O3. The monoisotopic (exact) mass is 332 g/mol. The number of fused-ring (bicyclic) bond motifs is 1. The fourth-order valence-corrected chi connectivity index (χ4v) is 3.35. The Bertz CT molecular complexity index is 541. The quantitative estimate of drug-likeness (QED) is 0.774. The van der Waals surface area contributed by atoms with E-state index in [1.807, 2.05) is 6.07 Å². The van der Waals surface area contributed by atoms with E-state index in [0.717, 1.165) is 51.4 Å². The lowest BCUT2D eigenvalue weighted by Gasteiger charge is -2.26. The molecule has 0 atom stereocenters. The molecule has 0 aromatic heterocycles. The van der Waals surface area contributed by atoms with Gasteiger partial charge in [0.25, 0.3) is 5.91 Å². The summed E-state index contributed by atoms with van der Waals surface area (Å²) in [5.74, 6) is 0.758. The van der Waals surface area contributed by atoms with Gasteiger partial charge in [0, 0.05) is 19.6 Å². The third kappa shape index (κ3) is 5.21.